The second-order valence-corrected chi connectivity index (χ2v) is 3.48. The van der Waals surface area contributed by atoms with Crippen molar-refractivity contribution in [2.24, 2.45) is 0 Å². The van der Waals surface area contributed by atoms with E-state index in [0.29, 0.717) is 0 Å². The topological polar surface area (TPSA) is 41.1 Å². The number of benzene rings is 1. The molecule has 1 atom stereocenters. The zero-order valence-corrected chi connectivity index (χ0v) is 9.10. The molecule has 0 saturated heterocycles. The maximum Gasteiger partial charge on any atom is 0.241 e. The highest BCUT2D eigenvalue weighted by molar-refractivity contribution is 5.94. The third kappa shape index (κ3) is 3.02. The van der Waals surface area contributed by atoms with Crippen LogP contribution in [0.4, 0.5) is 10.1 Å². The Morgan fingerprint density at radius 3 is 2.67 bits per heavy atom. The molecule has 0 spiro atoms. The third-order valence-electron chi connectivity index (χ3n) is 2.21. The summed E-state index contributed by atoms with van der Waals surface area (Å²) < 4.78 is 13.3. The predicted molar refractivity (Wildman–Crippen MR) is 58.3 cm³/mol. The summed E-state index contributed by atoms with van der Waals surface area (Å²) in [4.78, 5) is 11.4. The highest BCUT2D eigenvalue weighted by Crippen LogP contribution is 2.15. The second kappa shape index (κ2) is 4.89. The minimum Gasteiger partial charge on any atom is -0.322 e. The number of hydrogen-bond donors (Lipinski definition) is 2. The van der Waals surface area contributed by atoms with E-state index in [2.05, 4.69) is 10.6 Å². The van der Waals surface area contributed by atoms with E-state index in [-0.39, 0.29) is 17.6 Å². The lowest BCUT2D eigenvalue weighted by molar-refractivity contribution is -0.117. The summed E-state index contributed by atoms with van der Waals surface area (Å²) in [5, 5.41) is 5.29. The van der Waals surface area contributed by atoms with Crippen LogP contribution in [0.15, 0.2) is 18.2 Å². The van der Waals surface area contributed by atoms with Crippen LogP contribution in [0.3, 0.4) is 0 Å². The maximum atomic E-state index is 13.3. The van der Waals surface area contributed by atoms with Crippen LogP contribution in [0, 0.1) is 12.7 Å². The molecule has 1 aromatic rings. The Bertz CT molecular complexity index is 366. The molecule has 82 valence electrons. The number of halogens is 1. The number of amides is 1. The fraction of sp³-hybridized carbons (Fsp3) is 0.364. The first-order valence-corrected chi connectivity index (χ1v) is 4.79. The molecular weight excluding hydrogens is 195 g/mol. The Kier molecular flexibility index (Phi) is 3.80. The molecule has 0 aliphatic carbocycles. The van der Waals surface area contributed by atoms with Crippen LogP contribution in [0.2, 0.25) is 0 Å². The van der Waals surface area contributed by atoms with Gasteiger partial charge in [-0.25, -0.2) is 4.39 Å². The molecule has 0 bridgehead atoms. The fourth-order valence-corrected chi connectivity index (χ4v) is 1.09. The van der Waals surface area contributed by atoms with Crippen LogP contribution in [0.25, 0.3) is 0 Å². The molecular formula is C11H15FN2O. The number of nitrogens with one attached hydrogen (secondary N) is 2. The van der Waals surface area contributed by atoms with E-state index >= 15 is 0 Å². The van der Waals surface area contributed by atoms with Gasteiger partial charge in [0.2, 0.25) is 5.91 Å². The van der Waals surface area contributed by atoms with Crippen molar-refractivity contribution in [2.75, 3.05) is 12.4 Å². The molecule has 0 aliphatic heterocycles. The van der Waals surface area contributed by atoms with Gasteiger partial charge in [0.25, 0.3) is 0 Å². The molecule has 0 aromatic heterocycles. The average molecular weight is 210 g/mol. The molecule has 2 N–H and O–H groups in total. The van der Waals surface area contributed by atoms with Gasteiger partial charge in [0.05, 0.1) is 11.7 Å². The van der Waals surface area contributed by atoms with E-state index in [4.69, 9.17) is 0 Å². The molecule has 1 unspecified atom stereocenters. The minimum absolute atomic E-state index is 0.215. The van der Waals surface area contributed by atoms with Crippen LogP contribution in [-0.4, -0.2) is 19.0 Å². The molecule has 1 aromatic carbocycles. The van der Waals surface area contributed by atoms with Crippen LogP contribution < -0.4 is 10.6 Å². The Labute approximate surface area is 88.7 Å². The van der Waals surface area contributed by atoms with Gasteiger partial charge in [0.1, 0.15) is 5.82 Å². The van der Waals surface area contributed by atoms with Gasteiger partial charge in [0.15, 0.2) is 0 Å². The van der Waals surface area contributed by atoms with Crippen molar-refractivity contribution in [2.45, 2.75) is 19.9 Å². The zero-order chi connectivity index (χ0) is 11.4. The van der Waals surface area contributed by atoms with E-state index in [0.717, 1.165) is 5.56 Å². The highest BCUT2D eigenvalue weighted by atomic mass is 19.1. The Morgan fingerprint density at radius 1 is 1.47 bits per heavy atom. The van der Waals surface area contributed by atoms with Crippen molar-refractivity contribution < 1.29 is 9.18 Å². The Balaban J connectivity index is 2.77. The lowest BCUT2D eigenvalue weighted by Gasteiger charge is -2.11. The average Bonchev–Trinajstić information content (AvgIpc) is 2.20. The standard InChI is InChI=1S/C11H15FN2O/c1-7-4-5-10(9(12)6-7)14-11(15)8(2)13-3/h4-6,8,13H,1-3H3,(H,14,15). The first-order valence-electron chi connectivity index (χ1n) is 4.79. The van der Waals surface area contributed by atoms with Gasteiger partial charge in [-0.15, -0.1) is 0 Å². The fourth-order valence-electron chi connectivity index (χ4n) is 1.09. The summed E-state index contributed by atoms with van der Waals surface area (Å²) in [6.07, 6.45) is 0. The van der Waals surface area contributed by atoms with Gasteiger partial charge in [0, 0.05) is 0 Å². The molecule has 0 fully saturated rings. The molecule has 0 heterocycles. The largest absolute Gasteiger partial charge is 0.322 e. The van der Waals surface area contributed by atoms with Crippen molar-refractivity contribution in [3.8, 4) is 0 Å². The third-order valence-corrected chi connectivity index (χ3v) is 2.21. The van der Waals surface area contributed by atoms with Crippen LogP contribution >= 0.6 is 0 Å². The van der Waals surface area contributed by atoms with Gasteiger partial charge >= 0.3 is 0 Å². The Morgan fingerprint density at radius 2 is 2.13 bits per heavy atom. The van der Waals surface area contributed by atoms with Gasteiger partial charge < -0.3 is 10.6 Å². The summed E-state index contributed by atoms with van der Waals surface area (Å²) in [7, 11) is 1.68. The van der Waals surface area contributed by atoms with Crippen LogP contribution in [-0.2, 0) is 4.79 Å². The summed E-state index contributed by atoms with van der Waals surface area (Å²) in [6, 6.07) is 4.36. The number of anilines is 1. The van der Waals surface area contributed by atoms with Gasteiger partial charge in [-0.3, -0.25) is 4.79 Å². The number of carbonyl (C=O) groups is 1. The summed E-state index contributed by atoms with van der Waals surface area (Å²) in [5.74, 6) is -0.660. The number of aryl methyl sites for hydroxylation is 1. The van der Waals surface area contributed by atoms with E-state index < -0.39 is 5.82 Å². The van der Waals surface area contributed by atoms with Crippen molar-refractivity contribution in [1.82, 2.24) is 5.32 Å². The molecule has 1 amide bonds. The normalized spacial score (nSPS) is 12.3. The van der Waals surface area contributed by atoms with Crippen molar-refractivity contribution in [1.29, 1.82) is 0 Å². The molecule has 15 heavy (non-hydrogen) atoms. The number of rotatable bonds is 3. The number of hydrogen-bond acceptors (Lipinski definition) is 2. The molecule has 3 nitrogen and oxygen atoms in total. The quantitative estimate of drug-likeness (QED) is 0.797. The maximum absolute atomic E-state index is 13.3. The molecule has 1 rings (SSSR count). The SMILES string of the molecule is CNC(C)C(=O)Nc1ccc(C)cc1F. The van der Waals surface area contributed by atoms with Crippen molar-refractivity contribution >= 4 is 11.6 Å². The summed E-state index contributed by atoms with van der Waals surface area (Å²) in [5.41, 5.74) is 1.04. The van der Waals surface area contributed by atoms with Gasteiger partial charge in [-0.05, 0) is 38.6 Å². The highest BCUT2D eigenvalue weighted by Gasteiger charge is 2.12. The van der Waals surface area contributed by atoms with E-state index in [1.165, 1.54) is 6.07 Å². The molecule has 0 aliphatic rings. The minimum atomic E-state index is -0.411. The smallest absolute Gasteiger partial charge is 0.241 e. The Hall–Kier alpha value is -1.42. The van der Waals surface area contributed by atoms with Crippen molar-refractivity contribution in [3.63, 3.8) is 0 Å². The predicted octanol–water partition coefficient (Wildman–Crippen LogP) is 1.68. The van der Waals surface area contributed by atoms with E-state index in [1.807, 2.05) is 0 Å². The van der Waals surface area contributed by atoms with Crippen molar-refractivity contribution in [3.05, 3.63) is 29.6 Å². The molecule has 4 heteroatoms. The molecule has 0 saturated carbocycles. The van der Waals surface area contributed by atoms with Crippen LogP contribution in [0.1, 0.15) is 12.5 Å². The number of carbonyl (C=O) groups excluding carboxylic acids is 1. The summed E-state index contributed by atoms with van der Waals surface area (Å²) in [6.45, 7) is 3.51. The lowest BCUT2D eigenvalue weighted by Crippen LogP contribution is -2.35. The molecule has 0 radical (unpaired) electrons. The zero-order valence-electron chi connectivity index (χ0n) is 9.10. The van der Waals surface area contributed by atoms with Gasteiger partial charge in [-0.1, -0.05) is 6.07 Å². The lowest BCUT2D eigenvalue weighted by atomic mass is 10.2. The monoisotopic (exact) mass is 210 g/mol. The van der Waals surface area contributed by atoms with E-state index in [1.54, 1.807) is 33.0 Å². The first-order chi connectivity index (χ1) is 7.04. The van der Waals surface area contributed by atoms with Gasteiger partial charge in [-0.2, -0.15) is 0 Å². The first kappa shape index (κ1) is 11.7. The van der Waals surface area contributed by atoms with Crippen LogP contribution in [0.5, 0.6) is 0 Å². The second-order valence-electron chi connectivity index (χ2n) is 3.48. The number of likely N-dealkylation sites (N-methyl/N-ethyl adjacent to an activating group) is 1. The summed E-state index contributed by atoms with van der Waals surface area (Å²) >= 11 is 0. The van der Waals surface area contributed by atoms with E-state index in [9.17, 15) is 9.18 Å².